The number of carbonyl (C=O) groups is 1. The summed E-state index contributed by atoms with van der Waals surface area (Å²) in [7, 11) is 1.36. The van der Waals surface area contributed by atoms with E-state index in [4.69, 9.17) is 5.73 Å². The van der Waals surface area contributed by atoms with E-state index in [0.717, 1.165) is 0 Å². The number of thioether (sulfide) groups is 1. The lowest BCUT2D eigenvalue weighted by atomic mass is 9.98. The Morgan fingerprint density at radius 3 is 2.58 bits per heavy atom. The Morgan fingerprint density at radius 1 is 1.75 bits per heavy atom. The Labute approximate surface area is 78.0 Å². The van der Waals surface area contributed by atoms with Gasteiger partial charge in [0, 0.05) is 5.25 Å². The molecular weight excluding hydrogens is 174 g/mol. The van der Waals surface area contributed by atoms with E-state index in [1.54, 1.807) is 18.7 Å². The molecule has 12 heavy (non-hydrogen) atoms. The topological polar surface area (TPSA) is 52.3 Å². The first-order chi connectivity index (χ1) is 5.44. The van der Waals surface area contributed by atoms with E-state index in [0.29, 0.717) is 11.7 Å². The molecule has 0 aliphatic heterocycles. The number of hydrogen-bond acceptors (Lipinski definition) is 4. The SMILES string of the molecule is COC(=O)C(C)(N)CC(C)SC. The van der Waals surface area contributed by atoms with Gasteiger partial charge in [0.15, 0.2) is 0 Å². The molecule has 0 saturated carbocycles. The third kappa shape index (κ3) is 3.45. The minimum Gasteiger partial charge on any atom is -0.468 e. The van der Waals surface area contributed by atoms with Crippen LogP contribution in [0.5, 0.6) is 0 Å². The second kappa shape index (κ2) is 4.72. The van der Waals surface area contributed by atoms with Crippen molar-refractivity contribution in [3.8, 4) is 0 Å². The highest BCUT2D eigenvalue weighted by Gasteiger charge is 2.30. The van der Waals surface area contributed by atoms with Crippen LogP contribution in [0.1, 0.15) is 20.3 Å². The van der Waals surface area contributed by atoms with Gasteiger partial charge in [-0.05, 0) is 19.6 Å². The monoisotopic (exact) mass is 191 g/mol. The molecule has 0 bridgehead atoms. The maximum Gasteiger partial charge on any atom is 0.325 e. The second-order valence-electron chi connectivity index (χ2n) is 3.16. The summed E-state index contributed by atoms with van der Waals surface area (Å²) in [5.74, 6) is -0.344. The Bertz CT molecular complexity index is 159. The predicted molar refractivity (Wildman–Crippen MR) is 52.2 cm³/mol. The van der Waals surface area contributed by atoms with Gasteiger partial charge in [-0.1, -0.05) is 6.92 Å². The van der Waals surface area contributed by atoms with Gasteiger partial charge in [-0.2, -0.15) is 11.8 Å². The Hall–Kier alpha value is -0.220. The van der Waals surface area contributed by atoms with Gasteiger partial charge >= 0.3 is 5.97 Å². The van der Waals surface area contributed by atoms with E-state index in [-0.39, 0.29) is 5.97 Å². The zero-order valence-corrected chi connectivity index (χ0v) is 8.90. The largest absolute Gasteiger partial charge is 0.468 e. The highest BCUT2D eigenvalue weighted by Crippen LogP contribution is 2.18. The summed E-state index contributed by atoms with van der Waals surface area (Å²) in [5, 5.41) is 0.374. The highest BCUT2D eigenvalue weighted by atomic mass is 32.2. The molecule has 2 unspecified atom stereocenters. The van der Waals surface area contributed by atoms with Crippen LogP contribution in [0.4, 0.5) is 0 Å². The van der Waals surface area contributed by atoms with Gasteiger partial charge in [-0.25, -0.2) is 0 Å². The standard InChI is InChI=1S/C8H17NO2S/c1-6(12-4)5-8(2,9)7(10)11-3/h6H,5,9H2,1-4H3. The van der Waals surface area contributed by atoms with Gasteiger partial charge in [-0.15, -0.1) is 0 Å². The molecule has 3 nitrogen and oxygen atoms in total. The number of esters is 1. The van der Waals surface area contributed by atoms with Crippen LogP contribution in [-0.4, -0.2) is 30.1 Å². The quantitative estimate of drug-likeness (QED) is 0.674. The number of ether oxygens (including phenoxy) is 1. The van der Waals surface area contributed by atoms with E-state index >= 15 is 0 Å². The highest BCUT2D eigenvalue weighted by molar-refractivity contribution is 7.99. The van der Waals surface area contributed by atoms with Gasteiger partial charge in [0.2, 0.25) is 0 Å². The molecule has 0 aromatic carbocycles. The number of hydrogen-bond donors (Lipinski definition) is 1. The third-order valence-electron chi connectivity index (χ3n) is 1.77. The summed E-state index contributed by atoms with van der Waals surface area (Å²) in [5.41, 5.74) is 4.91. The number of rotatable bonds is 4. The van der Waals surface area contributed by atoms with Gasteiger partial charge in [-0.3, -0.25) is 4.79 Å². The smallest absolute Gasteiger partial charge is 0.325 e. The summed E-state index contributed by atoms with van der Waals surface area (Å²) in [6.45, 7) is 3.74. The minimum atomic E-state index is -0.850. The fraction of sp³-hybridized carbons (Fsp3) is 0.875. The molecule has 2 N–H and O–H groups in total. The summed E-state index contributed by atoms with van der Waals surface area (Å²) in [6, 6.07) is 0. The van der Waals surface area contributed by atoms with Gasteiger partial charge < -0.3 is 10.5 Å². The van der Waals surface area contributed by atoms with Crippen molar-refractivity contribution >= 4 is 17.7 Å². The first-order valence-corrected chi connectivity index (χ1v) is 5.13. The van der Waals surface area contributed by atoms with E-state index in [2.05, 4.69) is 4.74 Å². The molecule has 72 valence electrons. The Morgan fingerprint density at radius 2 is 2.25 bits per heavy atom. The average Bonchev–Trinajstić information content (AvgIpc) is 2.02. The van der Waals surface area contributed by atoms with E-state index in [1.165, 1.54) is 7.11 Å². The van der Waals surface area contributed by atoms with Crippen LogP contribution in [0.15, 0.2) is 0 Å². The Balaban J connectivity index is 4.11. The van der Waals surface area contributed by atoms with Crippen LogP contribution in [-0.2, 0) is 9.53 Å². The predicted octanol–water partition coefficient (Wildman–Crippen LogP) is 1.02. The van der Waals surface area contributed by atoms with Gasteiger partial charge in [0.1, 0.15) is 5.54 Å². The number of nitrogens with two attached hydrogens (primary N) is 1. The van der Waals surface area contributed by atoms with Gasteiger partial charge in [0.25, 0.3) is 0 Å². The van der Waals surface area contributed by atoms with Crippen molar-refractivity contribution in [1.29, 1.82) is 0 Å². The molecule has 2 atom stereocenters. The molecule has 0 saturated heterocycles. The van der Waals surface area contributed by atoms with Crippen LogP contribution < -0.4 is 5.73 Å². The van der Waals surface area contributed by atoms with Crippen LogP contribution in [0, 0.1) is 0 Å². The van der Waals surface area contributed by atoms with Gasteiger partial charge in [0.05, 0.1) is 7.11 Å². The lowest BCUT2D eigenvalue weighted by Crippen LogP contribution is -2.47. The molecule has 0 spiro atoms. The molecule has 0 heterocycles. The molecule has 0 aliphatic carbocycles. The van der Waals surface area contributed by atoms with Crippen molar-refractivity contribution in [3.63, 3.8) is 0 Å². The van der Waals surface area contributed by atoms with E-state index in [1.807, 2.05) is 13.2 Å². The fourth-order valence-electron chi connectivity index (χ4n) is 0.997. The molecule has 0 radical (unpaired) electrons. The summed E-state index contributed by atoms with van der Waals surface area (Å²) in [4.78, 5) is 11.1. The second-order valence-corrected chi connectivity index (χ2v) is 4.44. The zero-order valence-electron chi connectivity index (χ0n) is 8.09. The molecule has 4 heteroatoms. The van der Waals surface area contributed by atoms with Crippen LogP contribution in [0.2, 0.25) is 0 Å². The molecule has 0 aromatic heterocycles. The average molecular weight is 191 g/mol. The van der Waals surface area contributed by atoms with Crippen LogP contribution in [0.25, 0.3) is 0 Å². The minimum absolute atomic E-state index is 0.344. The normalized spacial score (nSPS) is 18.1. The van der Waals surface area contributed by atoms with Crippen molar-refractivity contribution in [2.24, 2.45) is 5.73 Å². The summed E-state index contributed by atoms with van der Waals surface area (Å²) < 4.78 is 4.59. The first kappa shape index (κ1) is 11.8. The molecule has 0 amide bonds. The molecule has 0 rings (SSSR count). The number of carbonyl (C=O) groups excluding carboxylic acids is 1. The van der Waals surface area contributed by atoms with Crippen molar-refractivity contribution in [3.05, 3.63) is 0 Å². The number of methoxy groups -OCH3 is 1. The maximum absolute atomic E-state index is 11.1. The molecule has 0 fully saturated rings. The first-order valence-electron chi connectivity index (χ1n) is 3.84. The van der Waals surface area contributed by atoms with Crippen molar-refractivity contribution in [2.75, 3.05) is 13.4 Å². The molecule has 0 aromatic rings. The Kier molecular flexibility index (Phi) is 4.63. The maximum atomic E-state index is 11.1. The van der Waals surface area contributed by atoms with E-state index in [9.17, 15) is 4.79 Å². The fourth-order valence-corrected chi connectivity index (χ4v) is 1.51. The summed E-state index contributed by atoms with van der Waals surface area (Å²) in [6.07, 6.45) is 2.64. The van der Waals surface area contributed by atoms with Crippen LogP contribution in [0.3, 0.4) is 0 Å². The van der Waals surface area contributed by atoms with Crippen LogP contribution >= 0.6 is 11.8 Å². The lowest BCUT2D eigenvalue weighted by Gasteiger charge is -2.23. The van der Waals surface area contributed by atoms with Crippen molar-refractivity contribution in [2.45, 2.75) is 31.1 Å². The molecule has 0 aliphatic rings. The molecular formula is C8H17NO2S. The van der Waals surface area contributed by atoms with Crippen molar-refractivity contribution < 1.29 is 9.53 Å². The van der Waals surface area contributed by atoms with Crippen molar-refractivity contribution in [1.82, 2.24) is 0 Å². The lowest BCUT2D eigenvalue weighted by molar-refractivity contribution is -0.146. The zero-order chi connectivity index (χ0) is 9.78. The van der Waals surface area contributed by atoms with E-state index < -0.39 is 5.54 Å². The summed E-state index contributed by atoms with van der Waals surface area (Å²) >= 11 is 1.69. The third-order valence-corrected chi connectivity index (χ3v) is 2.74.